The Hall–Kier alpha value is -1.73. The largest absolute Gasteiger partial charge is 0.340 e. The molecule has 1 aliphatic carbocycles. The Morgan fingerprint density at radius 2 is 1.74 bits per heavy atom. The monoisotopic (exact) mass is 394 g/mol. The first kappa shape index (κ1) is 20.0. The number of carbonyl (C=O) groups excluding carboxylic acids is 1. The number of hydrogen-bond donors (Lipinski definition) is 0. The van der Waals surface area contributed by atoms with E-state index in [9.17, 15) is 17.6 Å². The van der Waals surface area contributed by atoms with E-state index < -0.39 is 15.8 Å². The van der Waals surface area contributed by atoms with Gasteiger partial charge in [0, 0.05) is 26.2 Å². The minimum atomic E-state index is -3.89. The highest BCUT2D eigenvalue weighted by molar-refractivity contribution is 7.89. The van der Waals surface area contributed by atoms with Gasteiger partial charge < -0.3 is 4.90 Å². The molecule has 0 radical (unpaired) electrons. The Balaban J connectivity index is 1.67. The van der Waals surface area contributed by atoms with Crippen LogP contribution in [-0.4, -0.2) is 49.7 Å². The number of sulfonamides is 1. The van der Waals surface area contributed by atoms with Crippen molar-refractivity contribution in [3.63, 3.8) is 0 Å². The van der Waals surface area contributed by atoms with Gasteiger partial charge in [-0.3, -0.25) is 4.79 Å². The molecule has 1 saturated carbocycles. The van der Waals surface area contributed by atoms with E-state index in [4.69, 9.17) is 0 Å². The lowest BCUT2D eigenvalue weighted by Crippen LogP contribution is -2.51. The molecule has 1 amide bonds. The van der Waals surface area contributed by atoms with E-state index in [1.54, 1.807) is 4.90 Å². The van der Waals surface area contributed by atoms with Crippen LogP contribution in [0.1, 0.15) is 27.7 Å². The first-order valence-electron chi connectivity index (χ1n) is 9.25. The highest BCUT2D eigenvalue weighted by atomic mass is 32.2. The van der Waals surface area contributed by atoms with Crippen LogP contribution in [0.5, 0.6) is 0 Å². The van der Waals surface area contributed by atoms with E-state index in [0.29, 0.717) is 13.1 Å². The van der Waals surface area contributed by atoms with Crippen molar-refractivity contribution in [2.75, 3.05) is 26.2 Å². The summed E-state index contributed by atoms with van der Waals surface area (Å²) in [5.41, 5.74) is 1.13. The first-order valence-corrected chi connectivity index (χ1v) is 10.7. The maximum absolute atomic E-state index is 13.9. The zero-order valence-corrected chi connectivity index (χ0v) is 17.1. The minimum Gasteiger partial charge on any atom is -0.340 e. The summed E-state index contributed by atoms with van der Waals surface area (Å²) in [6, 6.07) is 5.39. The Morgan fingerprint density at radius 1 is 1.15 bits per heavy atom. The van der Waals surface area contributed by atoms with Crippen molar-refractivity contribution in [3.05, 3.63) is 41.7 Å². The summed E-state index contributed by atoms with van der Waals surface area (Å²) in [5.74, 6) is -0.483. The minimum absolute atomic E-state index is 0.0536. The number of benzene rings is 1. The maximum atomic E-state index is 13.9. The number of allylic oxidation sites excluding steroid dienone is 2. The number of hydrogen-bond acceptors (Lipinski definition) is 3. The molecule has 2 atom stereocenters. The highest BCUT2D eigenvalue weighted by Crippen LogP contribution is 2.60. The highest BCUT2D eigenvalue weighted by Gasteiger charge is 2.61. The lowest BCUT2D eigenvalue weighted by Gasteiger charge is -2.34. The predicted octanol–water partition coefficient (Wildman–Crippen LogP) is 2.90. The maximum Gasteiger partial charge on any atom is 0.246 e. The summed E-state index contributed by atoms with van der Waals surface area (Å²) in [6.45, 7) is 9.29. The molecular weight excluding hydrogens is 367 g/mol. The van der Waals surface area contributed by atoms with Crippen molar-refractivity contribution in [3.8, 4) is 0 Å². The number of amides is 1. The average molecular weight is 395 g/mol. The number of halogens is 1. The third-order valence-electron chi connectivity index (χ3n) is 5.69. The molecule has 1 aromatic rings. The van der Waals surface area contributed by atoms with Crippen LogP contribution >= 0.6 is 0 Å². The van der Waals surface area contributed by atoms with Crippen molar-refractivity contribution in [1.82, 2.24) is 9.21 Å². The molecule has 1 heterocycles. The van der Waals surface area contributed by atoms with Crippen molar-refractivity contribution in [2.24, 2.45) is 17.3 Å². The fourth-order valence-electron chi connectivity index (χ4n) is 3.96. The molecular formula is C20H27FN2O3S. The Bertz CT molecular complexity index is 867. The zero-order chi connectivity index (χ0) is 20.0. The smallest absolute Gasteiger partial charge is 0.246 e. The zero-order valence-electron chi connectivity index (χ0n) is 16.3. The van der Waals surface area contributed by atoms with Crippen LogP contribution < -0.4 is 0 Å². The molecule has 148 valence electrons. The van der Waals surface area contributed by atoms with Gasteiger partial charge >= 0.3 is 0 Å². The van der Waals surface area contributed by atoms with Gasteiger partial charge in [0.15, 0.2) is 0 Å². The summed E-state index contributed by atoms with van der Waals surface area (Å²) in [4.78, 5) is 14.4. The number of carbonyl (C=O) groups is 1. The molecule has 1 saturated heterocycles. The van der Waals surface area contributed by atoms with Gasteiger partial charge in [0.25, 0.3) is 0 Å². The van der Waals surface area contributed by atoms with Gasteiger partial charge in [-0.15, -0.1) is 0 Å². The molecule has 27 heavy (non-hydrogen) atoms. The third-order valence-corrected chi connectivity index (χ3v) is 7.63. The fraction of sp³-hybridized carbons (Fsp3) is 0.550. The average Bonchev–Trinajstić information content (AvgIpc) is 3.14. The van der Waals surface area contributed by atoms with Crippen molar-refractivity contribution in [1.29, 1.82) is 0 Å². The predicted molar refractivity (Wildman–Crippen MR) is 102 cm³/mol. The van der Waals surface area contributed by atoms with E-state index in [0.717, 1.165) is 6.07 Å². The molecule has 5 nitrogen and oxygen atoms in total. The molecule has 0 unspecified atom stereocenters. The van der Waals surface area contributed by atoms with E-state index in [1.165, 1.54) is 28.1 Å². The standard InChI is InChI=1S/C20H27FN2O3S/c1-14(2)13-15-18(20(15,3)4)19(24)22-9-11-23(12-10-22)27(25,26)17-8-6-5-7-16(17)21/h5-8,13,15,18H,9-12H2,1-4H3/t15-,18-/m1/s1. The van der Waals surface area contributed by atoms with Crippen LogP contribution in [0.25, 0.3) is 0 Å². The second kappa shape index (κ2) is 7.02. The van der Waals surface area contributed by atoms with Crippen molar-refractivity contribution in [2.45, 2.75) is 32.6 Å². The second-order valence-corrected chi connectivity index (χ2v) is 10.1. The quantitative estimate of drug-likeness (QED) is 0.738. The van der Waals surface area contributed by atoms with Gasteiger partial charge in [-0.2, -0.15) is 4.31 Å². The van der Waals surface area contributed by atoms with E-state index in [2.05, 4.69) is 19.9 Å². The molecule has 0 aromatic heterocycles. The van der Waals surface area contributed by atoms with E-state index in [-0.39, 0.29) is 41.1 Å². The summed E-state index contributed by atoms with van der Waals surface area (Å²) < 4.78 is 40.5. The van der Waals surface area contributed by atoms with Gasteiger partial charge in [-0.25, -0.2) is 12.8 Å². The van der Waals surface area contributed by atoms with Crippen LogP contribution in [-0.2, 0) is 14.8 Å². The van der Waals surface area contributed by atoms with Crippen LogP contribution in [0.15, 0.2) is 40.8 Å². The summed E-state index contributed by atoms with van der Waals surface area (Å²) >= 11 is 0. The van der Waals surface area contributed by atoms with Gasteiger partial charge in [-0.05, 0) is 37.3 Å². The Morgan fingerprint density at radius 3 is 2.30 bits per heavy atom. The fourth-order valence-corrected chi connectivity index (χ4v) is 5.45. The number of rotatable bonds is 4. The van der Waals surface area contributed by atoms with Gasteiger partial charge in [0.2, 0.25) is 15.9 Å². The van der Waals surface area contributed by atoms with Crippen molar-refractivity contribution >= 4 is 15.9 Å². The number of nitrogens with zero attached hydrogens (tertiary/aromatic N) is 2. The van der Waals surface area contributed by atoms with E-state index >= 15 is 0 Å². The number of piperazine rings is 1. The molecule has 7 heteroatoms. The lowest BCUT2D eigenvalue weighted by molar-refractivity contribution is -0.134. The molecule has 1 aromatic carbocycles. The normalized spacial score (nSPS) is 25.1. The molecule has 0 spiro atoms. The van der Waals surface area contributed by atoms with Crippen LogP contribution in [0.3, 0.4) is 0 Å². The summed E-state index contributed by atoms with van der Waals surface area (Å²) in [7, 11) is -3.89. The Kier molecular flexibility index (Phi) is 5.20. The van der Waals surface area contributed by atoms with Crippen LogP contribution in [0.4, 0.5) is 4.39 Å². The van der Waals surface area contributed by atoms with Gasteiger partial charge in [0.05, 0.1) is 5.92 Å². The van der Waals surface area contributed by atoms with Gasteiger partial charge in [-0.1, -0.05) is 37.6 Å². The third kappa shape index (κ3) is 3.67. The summed E-state index contributed by atoms with van der Waals surface area (Å²) in [6.07, 6.45) is 2.15. The summed E-state index contributed by atoms with van der Waals surface area (Å²) in [5, 5.41) is 0. The van der Waals surface area contributed by atoms with Crippen molar-refractivity contribution < 1.29 is 17.6 Å². The molecule has 0 N–H and O–H groups in total. The molecule has 1 aliphatic heterocycles. The lowest BCUT2D eigenvalue weighted by atomic mass is 10.1. The van der Waals surface area contributed by atoms with E-state index in [1.807, 2.05) is 13.8 Å². The molecule has 3 rings (SSSR count). The first-order chi connectivity index (χ1) is 12.6. The topological polar surface area (TPSA) is 57.7 Å². The van der Waals surface area contributed by atoms with Gasteiger partial charge in [0.1, 0.15) is 10.7 Å². The van der Waals surface area contributed by atoms with Crippen LogP contribution in [0, 0.1) is 23.1 Å². The molecule has 0 bridgehead atoms. The second-order valence-electron chi connectivity index (χ2n) is 8.23. The van der Waals surface area contributed by atoms with Crippen LogP contribution in [0.2, 0.25) is 0 Å². The Labute approximate surface area is 160 Å². The SMILES string of the molecule is CC(C)=C[C@@H]1[C@H](C(=O)N2CCN(S(=O)(=O)c3ccccc3F)CC2)C1(C)C. The molecule has 2 fully saturated rings. The molecule has 2 aliphatic rings.